The second kappa shape index (κ2) is 5.51. The van der Waals surface area contributed by atoms with E-state index >= 15 is 0 Å². The highest BCUT2D eigenvalue weighted by Crippen LogP contribution is 2.39. The van der Waals surface area contributed by atoms with Crippen molar-refractivity contribution < 1.29 is 4.39 Å². The maximum absolute atomic E-state index is 13.2. The third-order valence-corrected chi connectivity index (χ3v) is 5.63. The van der Waals surface area contributed by atoms with Crippen molar-refractivity contribution in [3.8, 4) is 0 Å². The molecule has 0 aliphatic heterocycles. The van der Waals surface area contributed by atoms with Crippen molar-refractivity contribution in [3.63, 3.8) is 0 Å². The molecule has 0 spiro atoms. The average molecular weight is 443 g/mol. The molecule has 0 N–H and O–H groups in total. The van der Waals surface area contributed by atoms with Gasteiger partial charge in [0.05, 0.1) is 13.1 Å². The number of thiophene rings is 1. The second-order valence-electron chi connectivity index (χ2n) is 3.60. The summed E-state index contributed by atoms with van der Waals surface area (Å²) in [7, 11) is 0. The van der Waals surface area contributed by atoms with E-state index in [1.807, 2.05) is 0 Å². The van der Waals surface area contributed by atoms with Gasteiger partial charge in [0, 0.05) is 4.88 Å². The van der Waals surface area contributed by atoms with Gasteiger partial charge >= 0.3 is 0 Å². The third-order valence-electron chi connectivity index (χ3n) is 2.44. The third kappa shape index (κ3) is 3.00. The lowest BCUT2D eigenvalue weighted by molar-refractivity contribution is 0.620. The summed E-state index contributed by atoms with van der Waals surface area (Å²) in [6, 6.07) is 7.17. The Morgan fingerprint density at radius 2 is 1.94 bits per heavy atom. The quantitative estimate of drug-likeness (QED) is 0.485. The lowest BCUT2D eigenvalue weighted by atomic mass is 10.1. The number of hydrogen-bond acceptors (Lipinski definition) is 1. The molecule has 0 radical (unpaired) electrons. The molecule has 5 heteroatoms. The summed E-state index contributed by atoms with van der Waals surface area (Å²) < 4.78 is 14.8. The van der Waals surface area contributed by atoms with E-state index in [0.717, 1.165) is 9.35 Å². The van der Waals surface area contributed by atoms with Gasteiger partial charge in [-0.05, 0) is 68.1 Å². The van der Waals surface area contributed by atoms with Gasteiger partial charge in [-0.1, -0.05) is 22.0 Å². The second-order valence-corrected chi connectivity index (χ2v) is 8.00. The van der Waals surface area contributed by atoms with Crippen molar-refractivity contribution in [3.05, 3.63) is 54.3 Å². The smallest absolute Gasteiger partial charge is 0.137 e. The lowest BCUT2D eigenvalue weighted by Gasteiger charge is -2.10. The predicted octanol–water partition coefficient (Wildman–Crippen LogP) is 6.20. The van der Waals surface area contributed by atoms with E-state index in [-0.39, 0.29) is 10.6 Å². The van der Waals surface area contributed by atoms with Gasteiger partial charge in [-0.3, -0.25) is 0 Å². The van der Waals surface area contributed by atoms with E-state index < -0.39 is 0 Å². The molecular formula is C12H8Br3FS. The Labute approximate surface area is 129 Å². The van der Waals surface area contributed by atoms with Crippen LogP contribution in [0.1, 0.15) is 20.8 Å². The molecule has 17 heavy (non-hydrogen) atoms. The van der Waals surface area contributed by atoms with Crippen LogP contribution < -0.4 is 0 Å². The van der Waals surface area contributed by atoms with Crippen LogP contribution >= 0.6 is 59.1 Å². The van der Waals surface area contributed by atoms with Crippen LogP contribution in [0.25, 0.3) is 0 Å². The molecule has 1 aromatic heterocycles. The first-order valence-electron chi connectivity index (χ1n) is 4.84. The Kier molecular flexibility index (Phi) is 4.45. The Hall–Kier alpha value is 0.290. The molecular weight excluding hydrogens is 435 g/mol. The van der Waals surface area contributed by atoms with Crippen molar-refractivity contribution in [2.24, 2.45) is 0 Å². The summed E-state index contributed by atoms with van der Waals surface area (Å²) in [6.07, 6.45) is 0. The predicted molar refractivity (Wildman–Crippen MR) is 81.6 cm³/mol. The van der Waals surface area contributed by atoms with Crippen molar-refractivity contribution in [2.75, 3.05) is 0 Å². The highest BCUT2D eigenvalue weighted by atomic mass is 79.9. The molecule has 0 aliphatic carbocycles. The molecule has 1 heterocycles. The van der Waals surface area contributed by atoms with Crippen LogP contribution in [-0.2, 0) is 0 Å². The molecule has 1 unspecified atom stereocenters. The van der Waals surface area contributed by atoms with Gasteiger partial charge in [-0.25, -0.2) is 4.39 Å². The van der Waals surface area contributed by atoms with Gasteiger partial charge in [-0.2, -0.15) is 0 Å². The minimum atomic E-state index is -0.239. The number of rotatable bonds is 2. The first kappa shape index (κ1) is 13.7. The number of aryl methyl sites for hydroxylation is 1. The zero-order valence-electron chi connectivity index (χ0n) is 8.81. The summed E-state index contributed by atoms with van der Waals surface area (Å²) in [6.45, 7) is 2.08. The highest BCUT2D eigenvalue weighted by Gasteiger charge is 2.16. The van der Waals surface area contributed by atoms with Gasteiger partial charge < -0.3 is 0 Å². The Balaban J connectivity index is 2.40. The van der Waals surface area contributed by atoms with Gasteiger partial charge in [0.25, 0.3) is 0 Å². The van der Waals surface area contributed by atoms with Crippen molar-refractivity contribution in [1.29, 1.82) is 0 Å². The molecule has 0 fully saturated rings. The number of alkyl halides is 1. The number of benzene rings is 1. The molecule has 1 atom stereocenters. The van der Waals surface area contributed by atoms with E-state index in [1.165, 1.54) is 16.5 Å². The summed E-state index contributed by atoms with van der Waals surface area (Å²) in [4.78, 5) is 1.33. The van der Waals surface area contributed by atoms with Crippen LogP contribution in [0.4, 0.5) is 4.39 Å². The molecule has 0 amide bonds. The molecule has 90 valence electrons. The van der Waals surface area contributed by atoms with Gasteiger partial charge in [0.15, 0.2) is 0 Å². The summed E-state index contributed by atoms with van der Waals surface area (Å²) in [5.41, 5.74) is 2.24. The molecule has 1 aromatic carbocycles. The minimum Gasteiger partial charge on any atom is -0.206 e. The normalized spacial score (nSPS) is 12.8. The molecule has 0 saturated heterocycles. The van der Waals surface area contributed by atoms with Crippen LogP contribution in [0, 0.1) is 12.7 Å². The Morgan fingerprint density at radius 1 is 1.24 bits per heavy atom. The van der Waals surface area contributed by atoms with E-state index in [2.05, 4.69) is 60.8 Å². The fraction of sp³-hybridized carbons (Fsp3) is 0.167. The van der Waals surface area contributed by atoms with Crippen LogP contribution in [0.5, 0.6) is 0 Å². The van der Waals surface area contributed by atoms with E-state index in [0.29, 0.717) is 4.47 Å². The molecule has 0 aliphatic rings. The van der Waals surface area contributed by atoms with Crippen molar-refractivity contribution in [2.45, 2.75) is 11.8 Å². The zero-order chi connectivity index (χ0) is 12.6. The highest BCUT2D eigenvalue weighted by molar-refractivity contribution is 9.11. The van der Waals surface area contributed by atoms with Crippen LogP contribution in [0.15, 0.2) is 32.5 Å². The molecule has 0 nitrogen and oxygen atoms in total. The summed E-state index contributed by atoms with van der Waals surface area (Å²) in [5, 5.41) is 0. The Bertz CT molecular complexity index is 551. The van der Waals surface area contributed by atoms with E-state index in [9.17, 15) is 4.39 Å². The monoisotopic (exact) mass is 440 g/mol. The summed E-state index contributed by atoms with van der Waals surface area (Å²) >= 11 is 12.0. The SMILES string of the molecule is Cc1sc(Br)cc1C(Br)c1ccc(F)c(Br)c1. The van der Waals surface area contributed by atoms with E-state index in [4.69, 9.17) is 0 Å². The molecule has 0 bridgehead atoms. The van der Waals surface area contributed by atoms with Crippen molar-refractivity contribution in [1.82, 2.24) is 0 Å². The largest absolute Gasteiger partial charge is 0.206 e. The lowest BCUT2D eigenvalue weighted by Crippen LogP contribution is -1.93. The van der Waals surface area contributed by atoms with Gasteiger partial charge in [0.1, 0.15) is 5.82 Å². The standard InChI is InChI=1S/C12H8Br3FS/c1-6-8(5-11(14)17-6)12(15)7-2-3-10(16)9(13)4-7/h2-5,12H,1H3. The van der Waals surface area contributed by atoms with E-state index in [1.54, 1.807) is 23.5 Å². The molecule has 2 aromatic rings. The maximum Gasteiger partial charge on any atom is 0.137 e. The van der Waals surface area contributed by atoms with Crippen LogP contribution in [0.3, 0.4) is 0 Å². The fourth-order valence-corrected chi connectivity index (χ4v) is 4.62. The van der Waals surface area contributed by atoms with Crippen LogP contribution in [-0.4, -0.2) is 0 Å². The van der Waals surface area contributed by atoms with Gasteiger partial charge in [-0.15, -0.1) is 11.3 Å². The fourth-order valence-electron chi connectivity index (χ4n) is 1.56. The molecule has 2 rings (SSSR count). The van der Waals surface area contributed by atoms with Gasteiger partial charge in [0.2, 0.25) is 0 Å². The molecule has 0 saturated carbocycles. The Morgan fingerprint density at radius 3 is 2.47 bits per heavy atom. The average Bonchev–Trinajstić information content (AvgIpc) is 2.61. The first-order chi connectivity index (χ1) is 7.99. The van der Waals surface area contributed by atoms with Crippen LogP contribution in [0.2, 0.25) is 0 Å². The maximum atomic E-state index is 13.2. The number of halogens is 4. The topological polar surface area (TPSA) is 0 Å². The number of hydrogen-bond donors (Lipinski definition) is 0. The zero-order valence-corrected chi connectivity index (χ0v) is 14.4. The van der Waals surface area contributed by atoms with Crippen molar-refractivity contribution >= 4 is 59.1 Å². The summed E-state index contributed by atoms with van der Waals surface area (Å²) in [5.74, 6) is -0.239. The minimum absolute atomic E-state index is 0.0851. The first-order valence-corrected chi connectivity index (χ1v) is 8.15.